The van der Waals surface area contributed by atoms with Crippen LogP contribution in [0.1, 0.15) is 50.2 Å². The van der Waals surface area contributed by atoms with E-state index in [0.717, 1.165) is 42.6 Å². The molecule has 184 valence electrons. The van der Waals surface area contributed by atoms with Crippen molar-refractivity contribution < 1.29 is 14.3 Å². The molecule has 8 heteroatoms. The fourth-order valence-corrected chi connectivity index (χ4v) is 5.69. The topological polar surface area (TPSA) is 58.6 Å². The predicted octanol–water partition coefficient (Wildman–Crippen LogP) is 6.10. The molecule has 1 saturated carbocycles. The average molecular weight is 524 g/mol. The van der Waals surface area contributed by atoms with Crippen LogP contribution in [-0.2, 0) is 21.9 Å². The van der Waals surface area contributed by atoms with Crippen molar-refractivity contribution in [3.8, 4) is 5.75 Å². The normalized spacial score (nSPS) is 14.6. The molecule has 1 atom stereocenters. The number of hydrogen-bond donors (Lipinski definition) is 1. The number of nitrogens with zero attached hydrogens (tertiary/aromatic N) is 1. The van der Waals surface area contributed by atoms with Gasteiger partial charge in [0.25, 0.3) is 0 Å². The molecular formula is C26H32Cl2N2O3S. The Hall–Kier alpha value is -1.89. The molecule has 0 spiro atoms. The molecule has 1 fully saturated rings. The Bertz CT molecular complexity index is 982. The number of ether oxygens (including phenoxy) is 1. The number of carbonyl (C=O) groups excluding carboxylic acids is 2. The highest BCUT2D eigenvalue weighted by Crippen LogP contribution is 2.26. The molecule has 2 amide bonds. The number of hydrogen-bond acceptors (Lipinski definition) is 4. The number of methoxy groups -OCH3 is 1. The second-order valence-electron chi connectivity index (χ2n) is 8.52. The molecule has 3 rings (SSSR count). The Morgan fingerprint density at radius 1 is 1.18 bits per heavy atom. The van der Waals surface area contributed by atoms with Gasteiger partial charge in [-0.2, -0.15) is 0 Å². The van der Waals surface area contributed by atoms with Crippen LogP contribution in [0.4, 0.5) is 0 Å². The van der Waals surface area contributed by atoms with E-state index in [0.29, 0.717) is 28.8 Å². The second kappa shape index (κ2) is 13.3. The molecule has 0 bridgehead atoms. The largest absolute Gasteiger partial charge is 0.497 e. The summed E-state index contributed by atoms with van der Waals surface area (Å²) in [6, 6.07) is 12.7. The minimum atomic E-state index is -0.529. The third-order valence-electron chi connectivity index (χ3n) is 6.07. The highest BCUT2D eigenvalue weighted by atomic mass is 35.5. The summed E-state index contributed by atoms with van der Waals surface area (Å²) in [5.41, 5.74) is 1.85. The van der Waals surface area contributed by atoms with E-state index >= 15 is 0 Å². The van der Waals surface area contributed by atoms with Crippen LogP contribution in [0.15, 0.2) is 42.5 Å². The van der Waals surface area contributed by atoms with Gasteiger partial charge in [-0.25, -0.2) is 0 Å². The van der Waals surface area contributed by atoms with Crippen LogP contribution in [0.2, 0.25) is 10.0 Å². The number of carbonyl (C=O) groups is 2. The van der Waals surface area contributed by atoms with Gasteiger partial charge in [-0.05, 0) is 54.7 Å². The van der Waals surface area contributed by atoms with Gasteiger partial charge in [-0.15, -0.1) is 11.8 Å². The zero-order chi connectivity index (χ0) is 24.5. The van der Waals surface area contributed by atoms with Crippen molar-refractivity contribution in [1.29, 1.82) is 0 Å². The standard InChI is InChI=1S/C26H32Cl2N2O3S/c1-3-24(26(32)29-21-8-4-5-9-21)30(15-18-7-6-10-22(13-18)33-2)25(31)17-34-16-19-11-12-20(27)14-23(19)28/h6-7,10-14,21,24H,3-5,8-9,15-17H2,1-2H3,(H,29,32). The van der Waals surface area contributed by atoms with E-state index in [-0.39, 0.29) is 23.6 Å². The van der Waals surface area contributed by atoms with Gasteiger partial charge < -0.3 is 15.0 Å². The molecule has 1 aliphatic carbocycles. The molecule has 2 aromatic carbocycles. The summed E-state index contributed by atoms with van der Waals surface area (Å²) in [5, 5.41) is 4.34. The summed E-state index contributed by atoms with van der Waals surface area (Å²) in [6.07, 6.45) is 4.82. The molecule has 1 unspecified atom stereocenters. The lowest BCUT2D eigenvalue weighted by molar-refractivity contribution is -0.139. The van der Waals surface area contributed by atoms with Crippen molar-refractivity contribution in [3.63, 3.8) is 0 Å². The first-order valence-corrected chi connectivity index (χ1v) is 13.6. The maximum absolute atomic E-state index is 13.4. The van der Waals surface area contributed by atoms with Crippen LogP contribution in [0.3, 0.4) is 0 Å². The summed E-state index contributed by atoms with van der Waals surface area (Å²) in [6.45, 7) is 2.29. The van der Waals surface area contributed by atoms with Crippen molar-refractivity contribution in [3.05, 3.63) is 63.6 Å². The smallest absolute Gasteiger partial charge is 0.243 e. The summed E-state index contributed by atoms with van der Waals surface area (Å²) in [4.78, 5) is 28.3. The fraction of sp³-hybridized carbons (Fsp3) is 0.462. The Labute approximate surface area is 216 Å². The zero-order valence-electron chi connectivity index (χ0n) is 19.7. The fourth-order valence-electron chi connectivity index (χ4n) is 4.22. The van der Waals surface area contributed by atoms with Crippen LogP contribution in [0.25, 0.3) is 0 Å². The van der Waals surface area contributed by atoms with Crippen molar-refractivity contribution in [2.75, 3.05) is 12.9 Å². The van der Waals surface area contributed by atoms with Gasteiger partial charge in [-0.3, -0.25) is 9.59 Å². The van der Waals surface area contributed by atoms with E-state index in [1.807, 2.05) is 37.3 Å². The number of halogens is 2. The van der Waals surface area contributed by atoms with E-state index in [2.05, 4.69) is 5.32 Å². The number of nitrogens with one attached hydrogen (secondary N) is 1. The molecule has 2 aromatic rings. The maximum Gasteiger partial charge on any atom is 0.243 e. The first-order chi connectivity index (χ1) is 16.4. The maximum atomic E-state index is 13.4. The van der Waals surface area contributed by atoms with Gasteiger partial charge in [0.15, 0.2) is 0 Å². The van der Waals surface area contributed by atoms with Gasteiger partial charge in [0, 0.05) is 28.4 Å². The lowest BCUT2D eigenvalue weighted by atomic mass is 10.1. The minimum absolute atomic E-state index is 0.0728. The third-order valence-corrected chi connectivity index (χ3v) is 7.63. The molecule has 0 aliphatic heterocycles. The number of rotatable bonds is 11. The Kier molecular flexibility index (Phi) is 10.4. The van der Waals surface area contributed by atoms with Crippen LogP contribution >= 0.6 is 35.0 Å². The third kappa shape index (κ3) is 7.56. The van der Waals surface area contributed by atoms with Gasteiger partial charge in [-0.1, -0.05) is 61.2 Å². The lowest BCUT2D eigenvalue weighted by Gasteiger charge is -2.31. The Morgan fingerprint density at radius 2 is 1.94 bits per heavy atom. The monoisotopic (exact) mass is 522 g/mol. The van der Waals surface area contributed by atoms with Gasteiger partial charge in [0.1, 0.15) is 11.8 Å². The van der Waals surface area contributed by atoms with Crippen molar-refractivity contribution in [2.45, 2.75) is 63.4 Å². The summed E-state index contributed by atoms with van der Waals surface area (Å²) in [5.74, 6) is 1.40. The molecule has 0 heterocycles. The van der Waals surface area contributed by atoms with Crippen molar-refractivity contribution >= 4 is 46.8 Å². The summed E-state index contributed by atoms with van der Waals surface area (Å²) in [7, 11) is 1.62. The molecule has 1 N–H and O–H groups in total. The van der Waals surface area contributed by atoms with E-state index in [1.165, 1.54) is 11.8 Å². The summed E-state index contributed by atoms with van der Waals surface area (Å²) < 4.78 is 5.34. The number of amides is 2. The second-order valence-corrected chi connectivity index (χ2v) is 10.3. The predicted molar refractivity (Wildman–Crippen MR) is 141 cm³/mol. The van der Waals surface area contributed by atoms with Gasteiger partial charge in [0.2, 0.25) is 11.8 Å². The lowest BCUT2D eigenvalue weighted by Crippen LogP contribution is -2.51. The molecule has 0 saturated heterocycles. The minimum Gasteiger partial charge on any atom is -0.497 e. The quantitative estimate of drug-likeness (QED) is 0.387. The average Bonchev–Trinajstić information content (AvgIpc) is 3.33. The zero-order valence-corrected chi connectivity index (χ0v) is 22.0. The molecule has 34 heavy (non-hydrogen) atoms. The van der Waals surface area contributed by atoms with Gasteiger partial charge >= 0.3 is 0 Å². The molecule has 0 radical (unpaired) electrons. The Morgan fingerprint density at radius 3 is 2.62 bits per heavy atom. The van der Waals surface area contributed by atoms with Gasteiger partial charge in [0.05, 0.1) is 12.9 Å². The Balaban J connectivity index is 1.73. The van der Waals surface area contributed by atoms with E-state index in [4.69, 9.17) is 27.9 Å². The van der Waals surface area contributed by atoms with Crippen molar-refractivity contribution in [1.82, 2.24) is 10.2 Å². The molecular weight excluding hydrogens is 491 g/mol. The first-order valence-electron chi connectivity index (χ1n) is 11.7. The molecule has 0 aromatic heterocycles. The van der Waals surface area contributed by atoms with E-state index < -0.39 is 6.04 Å². The number of thioether (sulfide) groups is 1. The number of benzene rings is 2. The van der Waals surface area contributed by atoms with E-state index in [9.17, 15) is 9.59 Å². The molecule has 1 aliphatic rings. The van der Waals surface area contributed by atoms with Crippen LogP contribution in [0.5, 0.6) is 5.75 Å². The van der Waals surface area contributed by atoms with E-state index in [1.54, 1.807) is 24.1 Å². The SMILES string of the molecule is CCC(C(=O)NC1CCCC1)N(Cc1cccc(OC)c1)C(=O)CSCc1ccc(Cl)cc1Cl. The molecule has 5 nitrogen and oxygen atoms in total. The van der Waals surface area contributed by atoms with Crippen LogP contribution in [0, 0.1) is 0 Å². The highest BCUT2D eigenvalue weighted by Gasteiger charge is 2.30. The van der Waals surface area contributed by atoms with Crippen LogP contribution in [-0.4, -0.2) is 41.7 Å². The van der Waals surface area contributed by atoms with Crippen molar-refractivity contribution in [2.24, 2.45) is 0 Å². The highest BCUT2D eigenvalue weighted by molar-refractivity contribution is 7.99. The summed E-state index contributed by atoms with van der Waals surface area (Å²) >= 11 is 13.7. The first kappa shape index (κ1) is 26.7. The van der Waals surface area contributed by atoms with Crippen LogP contribution < -0.4 is 10.1 Å².